The Morgan fingerprint density at radius 2 is 1.61 bits per heavy atom. The predicted octanol–water partition coefficient (Wildman–Crippen LogP) is 5.40. The van der Waals surface area contributed by atoms with E-state index in [4.69, 9.17) is 0 Å². The van der Waals surface area contributed by atoms with Gasteiger partial charge in [0.15, 0.2) is 0 Å². The molecular formula is C24H26N2O3S2. The zero-order valence-corrected chi connectivity index (χ0v) is 19.4. The van der Waals surface area contributed by atoms with Crippen molar-refractivity contribution in [3.8, 4) is 0 Å². The van der Waals surface area contributed by atoms with Crippen LogP contribution in [0.5, 0.6) is 0 Å². The Hall–Kier alpha value is -2.77. The molecule has 1 amide bonds. The molecule has 0 saturated carbocycles. The summed E-state index contributed by atoms with van der Waals surface area (Å²) < 4.78 is 27.6. The summed E-state index contributed by atoms with van der Waals surface area (Å²) in [6, 6.07) is 19.7. The van der Waals surface area contributed by atoms with Crippen LogP contribution in [-0.4, -0.2) is 20.1 Å². The van der Waals surface area contributed by atoms with E-state index in [0.29, 0.717) is 5.69 Å². The summed E-state index contributed by atoms with van der Waals surface area (Å²) in [7, 11) is -3.63. The van der Waals surface area contributed by atoms with E-state index < -0.39 is 10.0 Å². The molecule has 0 aliphatic rings. The fraction of sp³-hybridized carbons (Fsp3) is 0.208. The normalized spacial score (nSPS) is 11.2. The highest BCUT2D eigenvalue weighted by Gasteiger charge is 2.14. The Labute approximate surface area is 188 Å². The van der Waals surface area contributed by atoms with Crippen molar-refractivity contribution in [3.63, 3.8) is 0 Å². The predicted molar refractivity (Wildman–Crippen MR) is 128 cm³/mol. The molecule has 3 rings (SSSR count). The molecule has 31 heavy (non-hydrogen) atoms. The number of hydrogen-bond donors (Lipinski definition) is 2. The minimum Gasteiger partial charge on any atom is -0.325 e. The standard InChI is InChI=1S/C24H26N2O3S2/c1-4-19-7-5-6-18(3)24(19)25-23(27)16-30-21-12-10-20(11-13-21)26-31(28,29)22-14-8-17(2)9-15-22/h5-15,26H,4,16H2,1-3H3,(H,25,27). The number of aryl methyl sites for hydroxylation is 3. The van der Waals surface area contributed by atoms with Crippen molar-refractivity contribution in [2.24, 2.45) is 0 Å². The molecule has 7 heteroatoms. The Bertz CT molecular complexity index is 1160. The number of carbonyl (C=O) groups excluding carboxylic acids is 1. The second-order valence-corrected chi connectivity index (χ2v) is 9.97. The molecule has 0 saturated heterocycles. The first-order chi connectivity index (χ1) is 14.8. The minimum absolute atomic E-state index is 0.0712. The molecule has 0 aliphatic heterocycles. The van der Waals surface area contributed by atoms with Gasteiger partial charge in [-0.05, 0) is 67.8 Å². The maximum atomic E-state index is 12.5. The quantitative estimate of drug-likeness (QED) is 0.447. The lowest BCUT2D eigenvalue weighted by Gasteiger charge is -2.13. The van der Waals surface area contributed by atoms with E-state index in [2.05, 4.69) is 17.0 Å². The van der Waals surface area contributed by atoms with Crippen LogP contribution in [0.15, 0.2) is 76.5 Å². The molecule has 0 fully saturated rings. The molecule has 0 aliphatic carbocycles. The summed E-state index contributed by atoms with van der Waals surface area (Å²) in [4.78, 5) is 13.5. The lowest BCUT2D eigenvalue weighted by molar-refractivity contribution is -0.113. The van der Waals surface area contributed by atoms with Crippen LogP contribution in [0, 0.1) is 13.8 Å². The van der Waals surface area contributed by atoms with E-state index >= 15 is 0 Å². The number of thioether (sulfide) groups is 1. The van der Waals surface area contributed by atoms with Crippen molar-refractivity contribution in [3.05, 3.63) is 83.4 Å². The van der Waals surface area contributed by atoms with Crippen molar-refractivity contribution in [1.29, 1.82) is 0 Å². The third kappa shape index (κ3) is 6.12. The van der Waals surface area contributed by atoms with Crippen LogP contribution < -0.4 is 10.0 Å². The van der Waals surface area contributed by atoms with E-state index in [1.54, 1.807) is 48.5 Å². The van der Waals surface area contributed by atoms with Crippen LogP contribution in [0.25, 0.3) is 0 Å². The molecule has 0 atom stereocenters. The fourth-order valence-corrected chi connectivity index (χ4v) is 4.83. The van der Waals surface area contributed by atoms with Gasteiger partial charge in [-0.25, -0.2) is 8.42 Å². The van der Waals surface area contributed by atoms with Crippen molar-refractivity contribution in [2.45, 2.75) is 37.0 Å². The van der Waals surface area contributed by atoms with Gasteiger partial charge < -0.3 is 5.32 Å². The average molecular weight is 455 g/mol. The van der Waals surface area contributed by atoms with E-state index in [-0.39, 0.29) is 16.6 Å². The molecule has 162 valence electrons. The number of amides is 1. The number of nitrogens with one attached hydrogen (secondary N) is 2. The third-order valence-corrected chi connectivity index (χ3v) is 7.22. The minimum atomic E-state index is -3.63. The molecule has 0 unspecified atom stereocenters. The van der Waals surface area contributed by atoms with E-state index in [1.165, 1.54) is 11.8 Å². The zero-order valence-electron chi connectivity index (χ0n) is 17.8. The number of hydrogen-bond acceptors (Lipinski definition) is 4. The van der Waals surface area contributed by atoms with Crippen molar-refractivity contribution in [2.75, 3.05) is 15.8 Å². The first-order valence-corrected chi connectivity index (χ1v) is 12.5. The van der Waals surface area contributed by atoms with Gasteiger partial charge in [-0.1, -0.05) is 42.8 Å². The fourth-order valence-electron chi connectivity index (χ4n) is 3.08. The molecular weight excluding hydrogens is 428 g/mol. The van der Waals surface area contributed by atoms with Gasteiger partial charge in [-0.15, -0.1) is 11.8 Å². The monoisotopic (exact) mass is 454 g/mol. The van der Waals surface area contributed by atoms with Crippen LogP contribution in [-0.2, 0) is 21.2 Å². The maximum Gasteiger partial charge on any atom is 0.261 e. The second-order valence-electron chi connectivity index (χ2n) is 7.24. The van der Waals surface area contributed by atoms with Gasteiger partial charge in [0.05, 0.1) is 10.6 Å². The molecule has 3 aromatic carbocycles. The molecule has 2 N–H and O–H groups in total. The Morgan fingerprint density at radius 3 is 2.26 bits per heavy atom. The van der Waals surface area contributed by atoms with Gasteiger partial charge in [0, 0.05) is 16.3 Å². The van der Waals surface area contributed by atoms with E-state index in [0.717, 1.165) is 33.7 Å². The van der Waals surface area contributed by atoms with E-state index in [9.17, 15) is 13.2 Å². The van der Waals surface area contributed by atoms with Gasteiger partial charge in [0.2, 0.25) is 5.91 Å². The van der Waals surface area contributed by atoms with Gasteiger partial charge in [-0.2, -0.15) is 0 Å². The van der Waals surface area contributed by atoms with Crippen molar-refractivity contribution >= 4 is 39.1 Å². The Balaban J connectivity index is 1.58. The van der Waals surface area contributed by atoms with Gasteiger partial charge in [0.25, 0.3) is 10.0 Å². The average Bonchev–Trinajstić information content (AvgIpc) is 2.75. The number of rotatable bonds is 8. The summed E-state index contributed by atoms with van der Waals surface area (Å²) >= 11 is 1.40. The first-order valence-electron chi connectivity index (χ1n) is 9.99. The highest BCUT2D eigenvalue weighted by atomic mass is 32.2. The summed E-state index contributed by atoms with van der Waals surface area (Å²) in [5.74, 6) is 0.199. The van der Waals surface area contributed by atoms with Crippen LogP contribution >= 0.6 is 11.8 Å². The van der Waals surface area contributed by atoms with Gasteiger partial charge >= 0.3 is 0 Å². The largest absolute Gasteiger partial charge is 0.325 e. The van der Waals surface area contributed by atoms with Crippen LogP contribution in [0.4, 0.5) is 11.4 Å². The van der Waals surface area contributed by atoms with Crippen LogP contribution in [0.3, 0.4) is 0 Å². The summed E-state index contributed by atoms with van der Waals surface area (Å²) in [6.07, 6.45) is 0.852. The highest BCUT2D eigenvalue weighted by molar-refractivity contribution is 8.00. The number of anilines is 2. The van der Waals surface area contributed by atoms with Crippen molar-refractivity contribution in [1.82, 2.24) is 0 Å². The molecule has 0 heterocycles. The lowest BCUT2D eigenvalue weighted by atomic mass is 10.1. The van der Waals surface area contributed by atoms with Crippen LogP contribution in [0.1, 0.15) is 23.6 Å². The first kappa shape index (κ1) is 22.9. The Morgan fingerprint density at radius 1 is 0.935 bits per heavy atom. The number of para-hydroxylation sites is 1. The maximum absolute atomic E-state index is 12.5. The van der Waals surface area contributed by atoms with Crippen molar-refractivity contribution < 1.29 is 13.2 Å². The molecule has 5 nitrogen and oxygen atoms in total. The van der Waals surface area contributed by atoms with Gasteiger partial charge in [0.1, 0.15) is 0 Å². The molecule has 0 radical (unpaired) electrons. The topological polar surface area (TPSA) is 75.3 Å². The molecule has 3 aromatic rings. The summed E-state index contributed by atoms with van der Waals surface area (Å²) in [5, 5.41) is 3.01. The summed E-state index contributed by atoms with van der Waals surface area (Å²) in [5.41, 5.74) is 4.52. The second kappa shape index (κ2) is 10.0. The SMILES string of the molecule is CCc1cccc(C)c1NC(=O)CSc1ccc(NS(=O)(=O)c2ccc(C)cc2)cc1. The molecule has 0 spiro atoms. The lowest BCUT2D eigenvalue weighted by Crippen LogP contribution is -2.16. The molecule has 0 bridgehead atoms. The van der Waals surface area contributed by atoms with Gasteiger partial charge in [-0.3, -0.25) is 9.52 Å². The van der Waals surface area contributed by atoms with E-state index in [1.807, 2.05) is 32.0 Å². The van der Waals surface area contributed by atoms with Crippen LogP contribution in [0.2, 0.25) is 0 Å². The number of benzene rings is 3. The Kier molecular flexibility index (Phi) is 7.41. The number of carbonyl (C=O) groups is 1. The number of sulfonamides is 1. The third-order valence-electron chi connectivity index (χ3n) is 4.81. The summed E-state index contributed by atoms with van der Waals surface area (Å²) in [6.45, 7) is 5.95. The highest BCUT2D eigenvalue weighted by Crippen LogP contribution is 2.24. The molecule has 0 aromatic heterocycles. The zero-order chi connectivity index (χ0) is 22.4. The smallest absolute Gasteiger partial charge is 0.261 e.